The zero-order valence-corrected chi connectivity index (χ0v) is 12.3. The highest BCUT2D eigenvalue weighted by Crippen LogP contribution is 2.33. The van der Waals surface area contributed by atoms with Crippen molar-refractivity contribution < 1.29 is 14.5 Å². The summed E-state index contributed by atoms with van der Waals surface area (Å²) in [5, 5.41) is 14.1. The van der Waals surface area contributed by atoms with Crippen LogP contribution in [0.15, 0.2) is 12.1 Å². The number of nitro groups is 1. The van der Waals surface area contributed by atoms with Gasteiger partial charge in [0.25, 0.3) is 5.91 Å². The number of nitro benzene ring substituents is 1. The normalized spacial score (nSPS) is 15.0. The molecule has 0 aromatic heterocycles. The molecule has 6 nitrogen and oxygen atoms in total. The van der Waals surface area contributed by atoms with Crippen molar-refractivity contribution in [1.29, 1.82) is 0 Å². The first-order valence-corrected chi connectivity index (χ1v) is 7.23. The van der Waals surface area contributed by atoms with E-state index in [0.717, 1.165) is 31.2 Å². The number of methoxy groups -OCH3 is 1. The highest BCUT2D eigenvalue weighted by molar-refractivity contribution is 5.98. The fourth-order valence-electron chi connectivity index (χ4n) is 2.73. The summed E-state index contributed by atoms with van der Waals surface area (Å²) in [4.78, 5) is 23.1. The summed E-state index contributed by atoms with van der Waals surface area (Å²) in [5.74, 6) is -0.259. The van der Waals surface area contributed by atoms with Crippen molar-refractivity contribution in [2.75, 3.05) is 7.11 Å². The van der Waals surface area contributed by atoms with Gasteiger partial charge in [-0.25, -0.2) is 0 Å². The van der Waals surface area contributed by atoms with Crippen LogP contribution in [0.3, 0.4) is 0 Å². The Kier molecular flexibility index (Phi) is 4.77. The molecule has 0 aliphatic heterocycles. The minimum absolute atomic E-state index is 0.0349. The summed E-state index contributed by atoms with van der Waals surface area (Å²) >= 11 is 0. The molecule has 0 radical (unpaired) electrons. The van der Waals surface area contributed by atoms with Crippen LogP contribution in [0.5, 0.6) is 5.75 Å². The fraction of sp³-hybridized carbons (Fsp3) is 0.533. The Hall–Kier alpha value is -2.11. The summed E-state index contributed by atoms with van der Waals surface area (Å²) in [6.07, 6.45) is 4.76. The third kappa shape index (κ3) is 3.32. The average Bonchev–Trinajstić information content (AvgIpc) is 2.98. The molecule has 1 N–H and O–H groups in total. The van der Waals surface area contributed by atoms with Gasteiger partial charge in [-0.05, 0) is 30.9 Å². The highest BCUT2D eigenvalue weighted by Gasteiger charge is 2.26. The standard InChI is InChI=1S/C15H20N2O4/c1-3-10-8-12(14(21-2)13(9-10)17(19)20)15(18)16-11-6-4-5-7-11/h8-9,11H,3-7H2,1-2H3,(H,16,18). The number of nitrogens with zero attached hydrogens (tertiary/aromatic N) is 1. The van der Waals surface area contributed by atoms with Gasteiger partial charge in [0.15, 0.2) is 0 Å². The molecule has 0 spiro atoms. The lowest BCUT2D eigenvalue weighted by molar-refractivity contribution is -0.385. The largest absolute Gasteiger partial charge is 0.490 e. The predicted octanol–water partition coefficient (Wildman–Crippen LogP) is 2.84. The molecule has 6 heteroatoms. The average molecular weight is 292 g/mol. The Morgan fingerprint density at radius 3 is 2.62 bits per heavy atom. The number of ether oxygens (including phenoxy) is 1. The van der Waals surface area contributed by atoms with E-state index in [1.807, 2.05) is 6.92 Å². The van der Waals surface area contributed by atoms with E-state index in [1.54, 1.807) is 6.07 Å². The maximum atomic E-state index is 12.4. The summed E-state index contributed by atoms with van der Waals surface area (Å²) in [6, 6.07) is 3.30. The number of carbonyl (C=O) groups is 1. The highest BCUT2D eigenvalue weighted by atomic mass is 16.6. The fourth-order valence-corrected chi connectivity index (χ4v) is 2.73. The maximum absolute atomic E-state index is 12.4. The van der Waals surface area contributed by atoms with E-state index in [4.69, 9.17) is 4.74 Å². The second-order valence-electron chi connectivity index (χ2n) is 5.26. The minimum atomic E-state index is -0.510. The first kappa shape index (κ1) is 15.3. The van der Waals surface area contributed by atoms with Gasteiger partial charge in [-0.2, -0.15) is 0 Å². The number of benzene rings is 1. The van der Waals surface area contributed by atoms with Gasteiger partial charge in [0.2, 0.25) is 5.75 Å². The Morgan fingerprint density at radius 1 is 1.43 bits per heavy atom. The maximum Gasteiger partial charge on any atom is 0.312 e. The van der Waals surface area contributed by atoms with Crippen LogP contribution in [0.2, 0.25) is 0 Å². The van der Waals surface area contributed by atoms with Crippen molar-refractivity contribution in [2.24, 2.45) is 0 Å². The smallest absolute Gasteiger partial charge is 0.312 e. The van der Waals surface area contributed by atoms with Crippen LogP contribution in [0, 0.1) is 10.1 Å². The zero-order chi connectivity index (χ0) is 15.4. The van der Waals surface area contributed by atoms with Gasteiger partial charge in [0, 0.05) is 12.1 Å². The molecule has 1 aliphatic rings. The Labute approximate surface area is 123 Å². The van der Waals surface area contributed by atoms with Crippen molar-refractivity contribution in [3.8, 4) is 5.75 Å². The van der Waals surface area contributed by atoms with Crippen LogP contribution in [-0.2, 0) is 6.42 Å². The lowest BCUT2D eigenvalue weighted by atomic mass is 10.0. The van der Waals surface area contributed by atoms with Crippen LogP contribution >= 0.6 is 0 Å². The quantitative estimate of drug-likeness (QED) is 0.668. The molecule has 1 aromatic carbocycles. The van der Waals surface area contributed by atoms with Crippen molar-refractivity contribution in [2.45, 2.75) is 45.1 Å². The van der Waals surface area contributed by atoms with Crippen LogP contribution < -0.4 is 10.1 Å². The summed E-state index contributed by atoms with van der Waals surface area (Å²) in [7, 11) is 1.35. The van der Waals surface area contributed by atoms with Gasteiger partial charge < -0.3 is 10.1 Å². The molecule has 0 atom stereocenters. The molecule has 1 aliphatic carbocycles. The van der Waals surface area contributed by atoms with Crippen LogP contribution in [-0.4, -0.2) is 24.0 Å². The van der Waals surface area contributed by atoms with Crippen LogP contribution in [0.4, 0.5) is 5.69 Å². The van der Waals surface area contributed by atoms with Crippen molar-refractivity contribution in [3.63, 3.8) is 0 Å². The molecule has 0 saturated heterocycles. The number of carbonyl (C=O) groups excluding carboxylic acids is 1. The second-order valence-corrected chi connectivity index (χ2v) is 5.26. The lowest BCUT2D eigenvalue weighted by Gasteiger charge is -2.15. The first-order chi connectivity index (χ1) is 10.1. The van der Waals surface area contributed by atoms with Crippen LogP contribution in [0.1, 0.15) is 48.5 Å². The monoisotopic (exact) mass is 292 g/mol. The van der Waals surface area contributed by atoms with Crippen LogP contribution in [0.25, 0.3) is 0 Å². The first-order valence-electron chi connectivity index (χ1n) is 7.23. The van der Waals surface area contributed by atoms with E-state index in [9.17, 15) is 14.9 Å². The zero-order valence-electron chi connectivity index (χ0n) is 12.3. The Balaban J connectivity index is 2.37. The van der Waals surface area contributed by atoms with Gasteiger partial charge in [-0.1, -0.05) is 19.8 Å². The third-order valence-corrected chi connectivity index (χ3v) is 3.87. The minimum Gasteiger partial charge on any atom is -0.490 e. The summed E-state index contributed by atoms with van der Waals surface area (Å²) in [6.45, 7) is 1.89. The van der Waals surface area contributed by atoms with E-state index in [-0.39, 0.29) is 28.9 Å². The molecule has 0 heterocycles. The van der Waals surface area contributed by atoms with Crippen molar-refractivity contribution in [3.05, 3.63) is 33.4 Å². The predicted molar refractivity (Wildman–Crippen MR) is 78.7 cm³/mol. The molecule has 2 rings (SSSR count). The summed E-state index contributed by atoms with van der Waals surface area (Å²) in [5.41, 5.74) is 0.836. The Bertz CT molecular complexity index is 551. The molecule has 0 unspecified atom stereocenters. The van der Waals surface area contributed by atoms with E-state index >= 15 is 0 Å². The molecular weight excluding hydrogens is 272 g/mol. The van der Waals surface area contributed by atoms with E-state index in [2.05, 4.69) is 5.32 Å². The number of nitrogens with one attached hydrogen (secondary N) is 1. The number of rotatable bonds is 5. The molecule has 1 fully saturated rings. The second kappa shape index (κ2) is 6.56. The van der Waals surface area contributed by atoms with Gasteiger partial charge in [-0.3, -0.25) is 14.9 Å². The van der Waals surface area contributed by atoms with Gasteiger partial charge in [0.05, 0.1) is 17.6 Å². The Morgan fingerprint density at radius 2 is 2.10 bits per heavy atom. The number of hydrogen-bond donors (Lipinski definition) is 1. The van der Waals surface area contributed by atoms with E-state index in [0.29, 0.717) is 6.42 Å². The van der Waals surface area contributed by atoms with Gasteiger partial charge in [0.1, 0.15) is 0 Å². The van der Waals surface area contributed by atoms with E-state index < -0.39 is 4.92 Å². The van der Waals surface area contributed by atoms with Crippen molar-refractivity contribution in [1.82, 2.24) is 5.32 Å². The lowest BCUT2D eigenvalue weighted by Crippen LogP contribution is -2.33. The molecule has 21 heavy (non-hydrogen) atoms. The van der Waals surface area contributed by atoms with E-state index in [1.165, 1.54) is 13.2 Å². The molecular formula is C15H20N2O4. The SMILES string of the molecule is CCc1cc(C(=O)NC2CCCC2)c(OC)c([N+](=O)[O-])c1. The molecule has 114 valence electrons. The molecule has 1 saturated carbocycles. The summed E-state index contributed by atoms with van der Waals surface area (Å²) < 4.78 is 5.12. The topological polar surface area (TPSA) is 81.5 Å². The van der Waals surface area contributed by atoms with Gasteiger partial charge >= 0.3 is 5.69 Å². The van der Waals surface area contributed by atoms with Crippen molar-refractivity contribution >= 4 is 11.6 Å². The van der Waals surface area contributed by atoms with Gasteiger partial charge in [-0.15, -0.1) is 0 Å². The molecule has 1 aromatic rings. The third-order valence-electron chi connectivity index (χ3n) is 3.87. The number of aryl methyl sites for hydroxylation is 1. The number of hydrogen-bond acceptors (Lipinski definition) is 4. The number of amides is 1. The molecule has 1 amide bonds. The molecule has 0 bridgehead atoms.